The SMILES string of the molecule is O=S1CC=C[C@@H](C2CCCCC2)O1. The molecule has 74 valence electrons. The van der Waals surface area contributed by atoms with Crippen LogP contribution in [0.25, 0.3) is 0 Å². The number of rotatable bonds is 1. The highest BCUT2D eigenvalue weighted by Crippen LogP contribution is 2.30. The summed E-state index contributed by atoms with van der Waals surface area (Å²) in [5, 5.41) is 0. The van der Waals surface area contributed by atoms with Gasteiger partial charge in [0.1, 0.15) is 0 Å². The van der Waals surface area contributed by atoms with Gasteiger partial charge >= 0.3 is 0 Å². The molecule has 0 amide bonds. The van der Waals surface area contributed by atoms with Crippen molar-refractivity contribution in [1.29, 1.82) is 0 Å². The highest BCUT2D eigenvalue weighted by molar-refractivity contribution is 7.80. The van der Waals surface area contributed by atoms with Gasteiger partial charge in [-0.2, -0.15) is 0 Å². The fourth-order valence-corrected chi connectivity index (χ4v) is 2.98. The molecular formula is C10H16O2S. The molecule has 1 heterocycles. The molecule has 0 saturated heterocycles. The third-order valence-corrected chi connectivity index (χ3v) is 3.79. The lowest BCUT2D eigenvalue weighted by Gasteiger charge is -2.28. The van der Waals surface area contributed by atoms with Crippen molar-refractivity contribution in [3.05, 3.63) is 12.2 Å². The van der Waals surface area contributed by atoms with Gasteiger partial charge in [0, 0.05) is 0 Å². The molecule has 1 aliphatic heterocycles. The maximum Gasteiger partial charge on any atom is 0.159 e. The molecule has 0 aromatic rings. The molecular weight excluding hydrogens is 184 g/mol. The van der Waals surface area contributed by atoms with Crippen LogP contribution in [0.2, 0.25) is 0 Å². The first-order valence-corrected chi connectivity index (χ1v) is 6.33. The van der Waals surface area contributed by atoms with Gasteiger partial charge in [-0.15, -0.1) is 0 Å². The topological polar surface area (TPSA) is 26.3 Å². The van der Waals surface area contributed by atoms with Crippen molar-refractivity contribution in [3.63, 3.8) is 0 Å². The van der Waals surface area contributed by atoms with E-state index in [1.165, 1.54) is 32.1 Å². The predicted octanol–water partition coefficient (Wildman–Crippen LogP) is 2.19. The van der Waals surface area contributed by atoms with Gasteiger partial charge in [0.05, 0.1) is 11.9 Å². The summed E-state index contributed by atoms with van der Waals surface area (Å²) in [7, 11) is 0. The summed E-state index contributed by atoms with van der Waals surface area (Å²) in [4.78, 5) is 0. The van der Waals surface area contributed by atoms with Crippen molar-refractivity contribution in [1.82, 2.24) is 0 Å². The Bertz CT molecular complexity index is 219. The Morgan fingerprint density at radius 3 is 2.69 bits per heavy atom. The summed E-state index contributed by atoms with van der Waals surface area (Å²) >= 11 is -1.06. The molecule has 0 aromatic carbocycles. The minimum atomic E-state index is -1.06. The Hall–Kier alpha value is -0.150. The monoisotopic (exact) mass is 200 g/mol. The van der Waals surface area contributed by atoms with E-state index < -0.39 is 11.1 Å². The van der Waals surface area contributed by atoms with E-state index in [1.54, 1.807) is 0 Å². The van der Waals surface area contributed by atoms with E-state index in [9.17, 15) is 4.21 Å². The summed E-state index contributed by atoms with van der Waals surface area (Å²) in [5.41, 5.74) is 0. The van der Waals surface area contributed by atoms with E-state index in [2.05, 4.69) is 6.08 Å². The molecule has 0 aromatic heterocycles. The minimum absolute atomic E-state index is 0.134. The molecule has 1 fully saturated rings. The fourth-order valence-electron chi connectivity index (χ4n) is 2.16. The zero-order chi connectivity index (χ0) is 9.10. The van der Waals surface area contributed by atoms with E-state index >= 15 is 0 Å². The first-order chi connectivity index (χ1) is 6.36. The second kappa shape index (κ2) is 4.38. The molecule has 1 saturated carbocycles. The van der Waals surface area contributed by atoms with Crippen molar-refractivity contribution in [2.75, 3.05) is 5.75 Å². The Morgan fingerprint density at radius 1 is 1.23 bits per heavy atom. The zero-order valence-electron chi connectivity index (χ0n) is 7.78. The van der Waals surface area contributed by atoms with Gasteiger partial charge in [-0.1, -0.05) is 31.4 Å². The second-order valence-corrected chi connectivity index (χ2v) is 4.99. The van der Waals surface area contributed by atoms with Crippen LogP contribution in [0.15, 0.2) is 12.2 Å². The molecule has 2 aliphatic rings. The van der Waals surface area contributed by atoms with Crippen LogP contribution in [0.5, 0.6) is 0 Å². The van der Waals surface area contributed by atoms with Crippen LogP contribution < -0.4 is 0 Å². The normalized spacial score (nSPS) is 36.3. The lowest BCUT2D eigenvalue weighted by atomic mass is 9.85. The first-order valence-electron chi connectivity index (χ1n) is 5.08. The van der Waals surface area contributed by atoms with Crippen molar-refractivity contribution in [2.45, 2.75) is 38.2 Å². The van der Waals surface area contributed by atoms with Gasteiger partial charge in [-0.25, -0.2) is 4.21 Å². The largest absolute Gasteiger partial charge is 0.282 e. The quantitative estimate of drug-likeness (QED) is 0.606. The van der Waals surface area contributed by atoms with Crippen LogP contribution in [-0.4, -0.2) is 16.1 Å². The zero-order valence-corrected chi connectivity index (χ0v) is 8.59. The molecule has 2 rings (SSSR count). The molecule has 1 aliphatic carbocycles. The molecule has 0 N–H and O–H groups in total. The van der Waals surface area contributed by atoms with Gasteiger partial charge < -0.3 is 0 Å². The Kier molecular flexibility index (Phi) is 3.17. The summed E-state index contributed by atoms with van der Waals surface area (Å²) in [6, 6.07) is 0. The number of hydrogen-bond donors (Lipinski definition) is 0. The maximum atomic E-state index is 11.2. The lowest BCUT2D eigenvalue weighted by Crippen LogP contribution is -2.28. The molecule has 13 heavy (non-hydrogen) atoms. The average Bonchev–Trinajstić information content (AvgIpc) is 2.19. The van der Waals surface area contributed by atoms with Crippen LogP contribution in [0, 0.1) is 5.92 Å². The summed E-state index contributed by atoms with van der Waals surface area (Å²) in [5.74, 6) is 1.19. The van der Waals surface area contributed by atoms with Gasteiger partial charge in [-0.3, -0.25) is 4.18 Å². The van der Waals surface area contributed by atoms with E-state index in [4.69, 9.17) is 4.18 Å². The van der Waals surface area contributed by atoms with Crippen LogP contribution in [0.3, 0.4) is 0 Å². The predicted molar refractivity (Wildman–Crippen MR) is 53.6 cm³/mol. The minimum Gasteiger partial charge on any atom is -0.282 e. The van der Waals surface area contributed by atoms with Crippen molar-refractivity contribution in [3.8, 4) is 0 Å². The molecule has 2 nitrogen and oxygen atoms in total. The molecule has 3 heteroatoms. The van der Waals surface area contributed by atoms with Gasteiger partial charge in [-0.05, 0) is 18.8 Å². The smallest absolute Gasteiger partial charge is 0.159 e. The third kappa shape index (κ3) is 2.41. The molecule has 0 radical (unpaired) electrons. The Labute approximate surface area is 82.0 Å². The van der Waals surface area contributed by atoms with Gasteiger partial charge in [0.25, 0.3) is 0 Å². The van der Waals surface area contributed by atoms with E-state index in [0.717, 1.165) is 0 Å². The highest BCUT2D eigenvalue weighted by Gasteiger charge is 2.25. The third-order valence-electron chi connectivity index (χ3n) is 2.89. The van der Waals surface area contributed by atoms with Gasteiger partial charge in [0.2, 0.25) is 0 Å². The molecule has 0 bridgehead atoms. The summed E-state index contributed by atoms with van der Waals surface area (Å²) in [6.07, 6.45) is 10.7. The van der Waals surface area contributed by atoms with Crippen LogP contribution >= 0.6 is 0 Å². The second-order valence-electron chi connectivity index (χ2n) is 3.86. The van der Waals surface area contributed by atoms with Crippen molar-refractivity contribution in [2.24, 2.45) is 5.92 Å². The molecule has 2 atom stereocenters. The van der Waals surface area contributed by atoms with Crippen molar-refractivity contribution < 1.29 is 8.39 Å². The van der Waals surface area contributed by atoms with Crippen LogP contribution in [0.4, 0.5) is 0 Å². The van der Waals surface area contributed by atoms with E-state index in [0.29, 0.717) is 11.7 Å². The summed E-state index contributed by atoms with van der Waals surface area (Å²) in [6.45, 7) is 0. The summed E-state index contributed by atoms with van der Waals surface area (Å²) < 4.78 is 16.6. The van der Waals surface area contributed by atoms with E-state index in [-0.39, 0.29) is 6.10 Å². The maximum absolute atomic E-state index is 11.2. The van der Waals surface area contributed by atoms with Gasteiger partial charge in [0.15, 0.2) is 11.1 Å². The lowest BCUT2D eigenvalue weighted by molar-refractivity contribution is 0.160. The highest BCUT2D eigenvalue weighted by atomic mass is 32.2. The molecule has 0 spiro atoms. The average molecular weight is 200 g/mol. The standard InChI is InChI=1S/C10H16O2S/c11-13-8-4-7-10(12-13)9-5-2-1-3-6-9/h4,7,9-10H,1-3,5-6,8H2/t10-,13?/m0/s1. The first kappa shape index (κ1) is 9.41. The molecule has 1 unspecified atom stereocenters. The Balaban J connectivity index is 1.94. The van der Waals surface area contributed by atoms with E-state index in [1.807, 2.05) is 6.08 Å². The van der Waals surface area contributed by atoms with Crippen LogP contribution in [0.1, 0.15) is 32.1 Å². The Morgan fingerprint density at radius 2 is 2.00 bits per heavy atom. The van der Waals surface area contributed by atoms with Crippen molar-refractivity contribution >= 4 is 11.1 Å². The van der Waals surface area contributed by atoms with Crippen LogP contribution in [-0.2, 0) is 15.3 Å². The number of hydrogen-bond acceptors (Lipinski definition) is 2. The fraction of sp³-hybridized carbons (Fsp3) is 0.800.